The van der Waals surface area contributed by atoms with Crippen LogP contribution < -0.4 is 5.32 Å². The summed E-state index contributed by atoms with van der Waals surface area (Å²) in [5.41, 5.74) is 2.70. The average molecular weight is 483 g/mol. The molecule has 2 N–H and O–H groups in total. The molecule has 1 saturated heterocycles. The van der Waals surface area contributed by atoms with Crippen LogP contribution in [0.15, 0.2) is 35.5 Å². The van der Waals surface area contributed by atoms with Gasteiger partial charge in [-0.15, -0.1) is 5.10 Å². The molecule has 3 aliphatic rings. The van der Waals surface area contributed by atoms with Crippen molar-refractivity contribution in [3.8, 4) is 0 Å². The number of ether oxygens (including phenoxy) is 2. The molecule has 0 radical (unpaired) electrons. The number of benzene rings is 1. The van der Waals surface area contributed by atoms with Crippen molar-refractivity contribution in [2.45, 2.75) is 74.8 Å². The second kappa shape index (κ2) is 8.44. The van der Waals surface area contributed by atoms with Gasteiger partial charge >= 0.3 is 0 Å². The third-order valence-electron chi connectivity index (χ3n) is 7.02. The molecule has 6 unspecified atom stereocenters. The fourth-order valence-corrected chi connectivity index (χ4v) is 5.97. The Hall–Kier alpha value is -2.27. The molecule has 34 heavy (non-hydrogen) atoms. The van der Waals surface area contributed by atoms with Crippen molar-refractivity contribution in [1.82, 2.24) is 25.0 Å². The maximum absolute atomic E-state index is 9.98. The van der Waals surface area contributed by atoms with Crippen LogP contribution >= 0.6 is 11.8 Å². The topological polar surface area (TPSA) is 107 Å². The van der Waals surface area contributed by atoms with E-state index in [1.54, 1.807) is 11.8 Å². The van der Waals surface area contributed by atoms with E-state index in [4.69, 9.17) is 19.4 Å². The third kappa shape index (κ3) is 3.86. The van der Waals surface area contributed by atoms with Gasteiger partial charge in [-0.25, -0.2) is 14.6 Å². The van der Waals surface area contributed by atoms with Gasteiger partial charge in [-0.3, -0.25) is 0 Å². The van der Waals surface area contributed by atoms with Crippen LogP contribution in [0.1, 0.15) is 51.1 Å². The van der Waals surface area contributed by atoms with Gasteiger partial charge in [0, 0.05) is 24.5 Å². The third-order valence-corrected chi connectivity index (χ3v) is 7.75. The van der Waals surface area contributed by atoms with Crippen LogP contribution in [-0.2, 0) is 9.47 Å². The van der Waals surface area contributed by atoms with E-state index in [9.17, 15) is 5.11 Å². The quantitative estimate of drug-likeness (QED) is 0.387. The normalized spacial score (nSPS) is 31.6. The van der Waals surface area contributed by atoms with Crippen molar-refractivity contribution < 1.29 is 14.6 Å². The molecule has 6 rings (SSSR count). The minimum atomic E-state index is -0.693. The molecule has 1 aliphatic heterocycles. The SMILES string of the molecule is CCSc1nc(NC2CC2c2ccccc2)c2nnn(C3CC(CO)C4OC(C)(C)OC43)c2n1. The molecule has 10 heteroatoms. The fraction of sp³-hybridized carbons (Fsp3) is 0.583. The highest BCUT2D eigenvalue weighted by molar-refractivity contribution is 7.99. The standard InChI is InChI=1S/C24H30N6O3S/c1-4-34-23-26-21(25-16-11-15(16)13-8-6-5-7-9-13)18-22(27-23)30(29-28-18)17-10-14(12-31)19-20(17)33-24(2,3)32-19/h5-9,14-17,19-20,31H,4,10-12H2,1-3H3,(H,25,26,27). The molecule has 3 fully saturated rings. The number of thioether (sulfide) groups is 1. The molecule has 0 spiro atoms. The molecule has 0 bridgehead atoms. The molecular formula is C24H30N6O3S. The molecule has 2 aromatic heterocycles. The van der Waals surface area contributed by atoms with E-state index >= 15 is 0 Å². The van der Waals surface area contributed by atoms with Crippen LogP contribution in [0.5, 0.6) is 0 Å². The van der Waals surface area contributed by atoms with E-state index in [-0.39, 0.29) is 30.8 Å². The zero-order valence-corrected chi connectivity index (χ0v) is 20.4. The predicted octanol–water partition coefficient (Wildman–Crippen LogP) is 3.37. The highest BCUT2D eigenvalue weighted by atomic mass is 32.2. The largest absolute Gasteiger partial charge is 0.396 e. The first-order chi connectivity index (χ1) is 16.5. The summed E-state index contributed by atoms with van der Waals surface area (Å²) < 4.78 is 14.2. The van der Waals surface area contributed by atoms with E-state index in [2.05, 4.69) is 46.8 Å². The zero-order chi connectivity index (χ0) is 23.4. The number of aromatic nitrogens is 5. The van der Waals surface area contributed by atoms with Gasteiger partial charge in [-0.05, 0) is 38.0 Å². The average Bonchev–Trinajstić information content (AvgIpc) is 3.15. The monoisotopic (exact) mass is 482 g/mol. The van der Waals surface area contributed by atoms with Crippen molar-refractivity contribution in [2.75, 3.05) is 17.7 Å². The van der Waals surface area contributed by atoms with Crippen LogP contribution in [0.3, 0.4) is 0 Å². The minimum Gasteiger partial charge on any atom is -0.396 e. The smallest absolute Gasteiger partial charge is 0.191 e. The predicted molar refractivity (Wildman–Crippen MR) is 129 cm³/mol. The van der Waals surface area contributed by atoms with Crippen LogP contribution in [0.2, 0.25) is 0 Å². The fourth-order valence-electron chi connectivity index (χ4n) is 5.40. The number of hydrogen-bond acceptors (Lipinski definition) is 9. The minimum absolute atomic E-state index is 0.0157. The molecule has 9 nitrogen and oxygen atoms in total. The van der Waals surface area contributed by atoms with E-state index in [0.717, 1.165) is 18.0 Å². The van der Waals surface area contributed by atoms with E-state index in [0.29, 0.717) is 34.7 Å². The highest BCUT2D eigenvalue weighted by Gasteiger charge is 2.55. The van der Waals surface area contributed by atoms with Crippen LogP contribution in [-0.4, -0.2) is 66.5 Å². The Morgan fingerprint density at radius 1 is 1.15 bits per heavy atom. The molecule has 0 amide bonds. The maximum atomic E-state index is 9.98. The molecule has 3 aromatic rings. The van der Waals surface area contributed by atoms with Crippen molar-refractivity contribution in [3.05, 3.63) is 35.9 Å². The molecule has 6 atom stereocenters. The molecular weight excluding hydrogens is 452 g/mol. The molecule has 1 aromatic carbocycles. The molecule has 3 heterocycles. The summed E-state index contributed by atoms with van der Waals surface area (Å²) in [7, 11) is 0. The Morgan fingerprint density at radius 2 is 1.94 bits per heavy atom. The molecule has 2 aliphatic carbocycles. The lowest BCUT2D eigenvalue weighted by atomic mass is 10.1. The number of fused-ring (bicyclic) bond motifs is 2. The van der Waals surface area contributed by atoms with Crippen molar-refractivity contribution in [2.24, 2.45) is 5.92 Å². The summed E-state index contributed by atoms with van der Waals surface area (Å²) in [6, 6.07) is 10.8. The Kier molecular flexibility index (Phi) is 5.51. The van der Waals surface area contributed by atoms with Gasteiger partial charge in [0.2, 0.25) is 0 Å². The van der Waals surface area contributed by atoms with E-state index in [1.807, 2.05) is 24.6 Å². The number of hydrogen-bond donors (Lipinski definition) is 2. The summed E-state index contributed by atoms with van der Waals surface area (Å²) in [6.45, 7) is 5.96. The second-order valence-corrected chi connectivity index (χ2v) is 11.0. The lowest BCUT2D eigenvalue weighted by Crippen LogP contribution is -2.28. The van der Waals surface area contributed by atoms with Crippen LogP contribution in [0.4, 0.5) is 5.82 Å². The number of nitrogens with zero attached hydrogens (tertiary/aromatic N) is 5. The Balaban J connectivity index is 1.33. The van der Waals surface area contributed by atoms with Gasteiger partial charge in [-0.2, -0.15) is 0 Å². The van der Waals surface area contributed by atoms with Crippen LogP contribution in [0, 0.1) is 5.92 Å². The summed E-state index contributed by atoms with van der Waals surface area (Å²) in [5.74, 6) is 1.36. The summed E-state index contributed by atoms with van der Waals surface area (Å²) >= 11 is 1.60. The van der Waals surface area contributed by atoms with Gasteiger partial charge < -0.3 is 19.9 Å². The summed E-state index contributed by atoms with van der Waals surface area (Å²) in [4.78, 5) is 9.62. The van der Waals surface area contributed by atoms with E-state index in [1.165, 1.54) is 5.56 Å². The maximum Gasteiger partial charge on any atom is 0.191 e. The number of nitrogens with one attached hydrogen (secondary N) is 1. The Morgan fingerprint density at radius 3 is 2.71 bits per heavy atom. The number of anilines is 1. The van der Waals surface area contributed by atoms with Crippen molar-refractivity contribution >= 4 is 28.7 Å². The van der Waals surface area contributed by atoms with Gasteiger partial charge in [0.05, 0.1) is 12.1 Å². The highest BCUT2D eigenvalue weighted by Crippen LogP contribution is 2.47. The van der Waals surface area contributed by atoms with Gasteiger partial charge in [0.15, 0.2) is 27.9 Å². The van der Waals surface area contributed by atoms with Crippen molar-refractivity contribution in [3.63, 3.8) is 0 Å². The van der Waals surface area contributed by atoms with E-state index < -0.39 is 5.79 Å². The molecule has 180 valence electrons. The lowest BCUT2D eigenvalue weighted by molar-refractivity contribution is -0.162. The second-order valence-electron chi connectivity index (χ2n) is 9.81. The van der Waals surface area contributed by atoms with Gasteiger partial charge in [0.1, 0.15) is 6.10 Å². The van der Waals surface area contributed by atoms with Crippen molar-refractivity contribution in [1.29, 1.82) is 0 Å². The molecule has 2 saturated carbocycles. The first-order valence-electron chi connectivity index (χ1n) is 12.0. The van der Waals surface area contributed by atoms with Crippen LogP contribution in [0.25, 0.3) is 11.2 Å². The first kappa shape index (κ1) is 22.2. The Labute approximate surface area is 202 Å². The summed E-state index contributed by atoms with van der Waals surface area (Å²) in [6.07, 6.45) is 1.37. The lowest BCUT2D eigenvalue weighted by Gasteiger charge is -2.23. The number of aliphatic hydroxyl groups excluding tert-OH is 1. The van der Waals surface area contributed by atoms with Gasteiger partial charge in [-0.1, -0.05) is 54.2 Å². The summed E-state index contributed by atoms with van der Waals surface area (Å²) in [5, 5.41) is 23.3. The Bertz CT molecular complexity index is 1190. The number of aliphatic hydroxyl groups is 1. The number of rotatable bonds is 7. The first-order valence-corrected chi connectivity index (χ1v) is 13.0. The van der Waals surface area contributed by atoms with Gasteiger partial charge in [0.25, 0.3) is 0 Å². The zero-order valence-electron chi connectivity index (χ0n) is 19.6.